The van der Waals surface area contributed by atoms with Gasteiger partial charge in [-0.15, -0.1) is 10.2 Å². The number of aryl methyl sites for hydroxylation is 1. The molecule has 4 rings (SSSR count). The van der Waals surface area contributed by atoms with Crippen molar-refractivity contribution < 1.29 is 9.21 Å². The number of carbonyl (C=O) groups is 1. The third-order valence-corrected chi connectivity index (χ3v) is 4.20. The first kappa shape index (κ1) is 14.6. The fraction of sp³-hybridized carbons (Fsp3) is 0.294. The minimum absolute atomic E-state index is 0.0528. The maximum absolute atomic E-state index is 12.8. The molecule has 2 aromatic heterocycles. The Hall–Kier alpha value is -2.96. The lowest BCUT2D eigenvalue weighted by molar-refractivity contribution is -0.118. The Kier molecular flexibility index (Phi) is 3.60. The molecule has 1 amide bonds. The molecule has 0 fully saturated rings. The van der Waals surface area contributed by atoms with E-state index in [1.165, 1.54) is 0 Å². The van der Waals surface area contributed by atoms with Gasteiger partial charge in [0.2, 0.25) is 17.7 Å². The average Bonchev–Trinajstić information content (AvgIpc) is 3.25. The van der Waals surface area contributed by atoms with Gasteiger partial charge in [-0.25, -0.2) is 0 Å². The van der Waals surface area contributed by atoms with E-state index < -0.39 is 0 Å². The third kappa shape index (κ3) is 2.68. The lowest BCUT2D eigenvalue weighted by Gasteiger charge is -2.34. The van der Waals surface area contributed by atoms with Crippen LogP contribution < -0.4 is 4.90 Å². The van der Waals surface area contributed by atoms with Crippen molar-refractivity contribution in [1.29, 1.82) is 0 Å². The minimum Gasteiger partial charge on any atom is -0.425 e. The van der Waals surface area contributed by atoms with Crippen LogP contribution in [0.3, 0.4) is 0 Å². The van der Waals surface area contributed by atoms with Gasteiger partial charge in [0.05, 0.1) is 6.04 Å². The molecule has 0 aliphatic carbocycles. The number of para-hydroxylation sites is 1. The molecular weight excluding hydrogens is 306 g/mol. The van der Waals surface area contributed by atoms with Crippen LogP contribution in [-0.2, 0) is 17.6 Å². The fourth-order valence-corrected chi connectivity index (χ4v) is 3.12. The molecule has 1 aliphatic heterocycles. The number of nitrogens with zero attached hydrogens (tertiary/aromatic N) is 5. The Morgan fingerprint density at radius 1 is 1.29 bits per heavy atom. The molecule has 0 saturated heterocycles. The maximum Gasteiger partial charge on any atom is 0.236 e. The van der Waals surface area contributed by atoms with Crippen LogP contribution in [0.4, 0.5) is 5.69 Å². The van der Waals surface area contributed by atoms with Crippen molar-refractivity contribution in [2.45, 2.75) is 25.8 Å². The predicted octanol–water partition coefficient (Wildman–Crippen LogP) is 1.95. The standard InChI is InChI=1S/C17H17N5O2/c1-12-19-20-16(24-12)10-17(23)21-11-14(22-8-4-7-18-22)9-13-5-2-3-6-15(13)21/h2-8,14H,9-11H2,1H3/t14-/m1/s1. The van der Waals surface area contributed by atoms with E-state index in [9.17, 15) is 4.79 Å². The van der Waals surface area contributed by atoms with Gasteiger partial charge in [0.15, 0.2) is 0 Å². The number of hydrogen-bond acceptors (Lipinski definition) is 5. The predicted molar refractivity (Wildman–Crippen MR) is 86.5 cm³/mol. The SMILES string of the molecule is Cc1nnc(CC(=O)N2C[C@H](n3cccn3)Cc3ccccc32)o1. The molecule has 0 saturated carbocycles. The highest BCUT2D eigenvalue weighted by Gasteiger charge is 2.30. The van der Waals surface area contributed by atoms with Gasteiger partial charge in [-0.3, -0.25) is 9.48 Å². The lowest BCUT2D eigenvalue weighted by Crippen LogP contribution is -2.41. The topological polar surface area (TPSA) is 77.1 Å². The van der Waals surface area contributed by atoms with Crippen molar-refractivity contribution in [2.24, 2.45) is 0 Å². The molecule has 0 N–H and O–H groups in total. The fourth-order valence-electron chi connectivity index (χ4n) is 3.12. The zero-order valence-electron chi connectivity index (χ0n) is 13.3. The third-order valence-electron chi connectivity index (χ3n) is 4.20. The van der Waals surface area contributed by atoms with E-state index in [-0.39, 0.29) is 18.4 Å². The summed E-state index contributed by atoms with van der Waals surface area (Å²) in [6.45, 7) is 2.29. The zero-order chi connectivity index (χ0) is 16.5. The van der Waals surface area contributed by atoms with Crippen LogP contribution in [-0.4, -0.2) is 32.4 Å². The second-order valence-corrected chi connectivity index (χ2v) is 5.87. The van der Waals surface area contributed by atoms with Gasteiger partial charge in [-0.1, -0.05) is 18.2 Å². The summed E-state index contributed by atoms with van der Waals surface area (Å²) in [7, 11) is 0. The number of rotatable bonds is 3. The summed E-state index contributed by atoms with van der Waals surface area (Å²) in [6.07, 6.45) is 4.64. The van der Waals surface area contributed by atoms with E-state index in [1.807, 2.05) is 35.1 Å². The van der Waals surface area contributed by atoms with E-state index in [2.05, 4.69) is 21.4 Å². The lowest BCUT2D eigenvalue weighted by atomic mass is 9.97. The number of benzene rings is 1. The minimum atomic E-state index is -0.0528. The van der Waals surface area contributed by atoms with Crippen LogP contribution in [0.25, 0.3) is 0 Å². The molecule has 0 spiro atoms. The van der Waals surface area contributed by atoms with E-state index in [0.29, 0.717) is 18.3 Å². The first-order chi connectivity index (χ1) is 11.7. The number of carbonyl (C=O) groups excluding carboxylic acids is 1. The monoisotopic (exact) mass is 323 g/mol. The Morgan fingerprint density at radius 2 is 2.17 bits per heavy atom. The van der Waals surface area contributed by atoms with E-state index in [4.69, 9.17) is 4.42 Å². The highest BCUT2D eigenvalue weighted by Crippen LogP contribution is 2.31. The van der Waals surface area contributed by atoms with E-state index in [1.54, 1.807) is 18.0 Å². The van der Waals surface area contributed by atoms with Crippen molar-refractivity contribution in [3.8, 4) is 0 Å². The van der Waals surface area contributed by atoms with E-state index in [0.717, 1.165) is 17.7 Å². The van der Waals surface area contributed by atoms with Crippen molar-refractivity contribution in [2.75, 3.05) is 11.4 Å². The zero-order valence-corrected chi connectivity index (χ0v) is 13.3. The van der Waals surface area contributed by atoms with Crippen molar-refractivity contribution in [3.05, 3.63) is 60.1 Å². The van der Waals surface area contributed by atoms with Gasteiger partial charge in [-0.2, -0.15) is 5.10 Å². The normalized spacial score (nSPS) is 16.9. The molecule has 0 unspecified atom stereocenters. The second-order valence-electron chi connectivity index (χ2n) is 5.87. The molecule has 7 heteroatoms. The van der Waals surface area contributed by atoms with Gasteiger partial charge in [0.1, 0.15) is 6.42 Å². The van der Waals surface area contributed by atoms with Crippen LogP contribution in [0.15, 0.2) is 47.1 Å². The highest BCUT2D eigenvalue weighted by molar-refractivity contribution is 5.95. The number of fused-ring (bicyclic) bond motifs is 1. The van der Waals surface area contributed by atoms with Gasteiger partial charge in [0.25, 0.3) is 0 Å². The molecule has 1 aromatic carbocycles. The van der Waals surface area contributed by atoms with Crippen LogP contribution in [0.5, 0.6) is 0 Å². The average molecular weight is 323 g/mol. The van der Waals surface area contributed by atoms with Gasteiger partial charge in [-0.05, 0) is 24.1 Å². The molecule has 0 bridgehead atoms. The van der Waals surface area contributed by atoms with Crippen LogP contribution in [0.2, 0.25) is 0 Å². The van der Waals surface area contributed by atoms with E-state index >= 15 is 0 Å². The number of aromatic nitrogens is 4. The highest BCUT2D eigenvalue weighted by atomic mass is 16.4. The summed E-state index contributed by atoms with van der Waals surface area (Å²) in [4.78, 5) is 14.6. The number of anilines is 1. The quantitative estimate of drug-likeness (QED) is 0.736. The van der Waals surface area contributed by atoms with Gasteiger partial charge >= 0.3 is 0 Å². The first-order valence-corrected chi connectivity index (χ1v) is 7.87. The summed E-state index contributed by atoms with van der Waals surface area (Å²) in [5.74, 6) is 0.755. The summed E-state index contributed by atoms with van der Waals surface area (Å²) in [6, 6.07) is 9.99. The largest absolute Gasteiger partial charge is 0.425 e. The molecule has 122 valence electrons. The van der Waals surface area contributed by atoms with Crippen molar-refractivity contribution in [3.63, 3.8) is 0 Å². The van der Waals surface area contributed by atoms with Crippen LogP contribution >= 0.6 is 0 Å². The summed E-state index contributed by atoms with van der Waals surface area (Å²) in [5.41, 5.74) is 2.08. The van der Waals surface area contributed by atoms with Crippen LogP contribution in [0.1, 0.15) is 23.4 Å². The van der Waals surface area contributed by atoms with Gasteiger partial charge in [0, 0.05) is 31.5 Å². The second kappa shape index (κ2) is 5.92. The molecule has 0 radical (unpaired) electrons. The summed E-state index contributed by atoms with van der Waals surface area (Å²) >= 11 is 0. The smallest absolute Gasteiger partial charge is 0.236 e. The van der Waals surface area contributed by atoms with Crippen LogP contribution in [0, 0.1) is 6.92 Å². The molecule has 3 aromatic rings. The molecular formula is C17H17N5O2. The molecule has 1 aliphatic rings. The number of amides is 1. The molecule has 1 atom stereocenters. The van der Waals surface area contributed by atoms with Crippen molar-refractivity contribution in [1.82, 2.24) is 20.0 Å². The summed E-state index contributed by atoms with van der Waals surface area (Å²) < 4.78 is 7.25. The Balaban J connectivity index is 1.63. The molecule has 7 nitrogen and oxygen atoms in total. The first-order valence-electron chi connectivity index (χ1n) is 7.87. The van der Waals surface area contributed by atoms with Gasteiger partial charge < -0.3 is 9.32 Å². The molecule has 3 heterocycles. The Labute approximate surface area is 138 Å². The summed E-state index contributed by atoms with van der Waals surface area (Å²) in [5, 5.41) is 12.0. The Morgan fingerprint density at radius 3 is 2.92 bits per heavy atom. The van der Waals surface area contributed by atoms with Crippen molar-refractivity contribution >= 4 is 11.6 Å². The number of hydrogen-bond donors (Lipinski definition) is 0. The molecule has 24 heavy (non-hydrogen) atoms. The Bertz CT molecular complexity index is 856. The maximum atomic E-state index is 12.8.